The third-order valence-corrected chi connectivity index (χ3v) is 26.3. The zero-order valence-corrected chi connectivity index (χ0v) is 59.1. The van der Waals surface area contributed by atoms with Crippen LogP contribution in [-0.4, -0.2) is 19.9 Å². The van der Waals surface area contributed by atoms with Gasteiger partial charge in [0.05, 0.1) is 22.2 Å². The molecular formula is C97H60N4S3. The quantitative estimate of drug-likeness (QED) is 0.158. The van der Waals surface area contributed by atoms with Crippen molar-refractivity contribution in [3.05, 3.63) is 383 Å². The number of fused-ring (bicyclic) bond motifs is 24. The first-order valence-corrected chi connectivity index (χ1v) is 38.1. The molecule has 4 nitrogen and oxygen atoms in total. The Hall–Kier alpha value is -11.8. The van der Waals surface area contributed by atoms with Crippen molar-refractivity contribution in [3.63, 3.8) is 0 Å². The molecule has 0 bridgehead atoms. The Morgan fingerprint density at radius 2 is 0.654 bits per heavy atom. The maximum atomic E-state index is 5.59. The van der Waals surface area contributed by atoms with E-state index in [2.05, 4.69) is 335 Å². The summed E-state index contributed by atoms with van der Waals surface area (Å²) < 4.78 is 2.55. The molecule has 0 fully saturated rings. The van der Waals surface area contributed by atoms with Crippen molar-refractivity contribution in [1.82, 2.24) is 19.9 Å². The number of thiophene rings is 1. The summed E-state index contributed by atoms with van der Waals surface area (Å²) in [5.74, 6) is 1.90. The number of hydrogen-bond acceptors (Lipinski definition) is 7. The monoisotopic (exact) mass is 1380 g/mol. The molecule has 0 amide bonds. The van der Waals surface area contributed by atoms with Gasteiger partial charge in [-0.05, 0) is 172 Å². The van der Waals surface area contributed by atoms with Gasteiger partial charge in [-0.2, -0.15) is 0 Å². The van der Waals surface area contributed by atoms with Gasteiger partial charge in [-0.1, -0.05) is 304 Å². The standard InChI is InChI=1S/C97H60N4S3/c1-95(2)80-55-81-89(103-86-41-19-17-39-78(86)96(81)74-35-13-9-29-65(74)66-30-10-14-36-75(66)96)53-71(80)69-33-22-34-70(91(69)95)94-100-92(59-25-7-4-8-26-59)99-93(101-94)60-45-43-58(44-46-60)61-27-21-28-62(49-61)83-51-64(57-23-5-3-6-24-57)52-84(98-83)63-47-48-85-72(50-63)73-54-90-82(56-88(73)102-85)97(79-40-18-20-42-87(79)104-90)76-37-15-11-31-67(76)68-32-12-16-38-77(68)97/h3-56H,1-2H3. The molecule has 0 saturated heterocycles. The highest BCUT2D eigenvalue weighted by Crippen LogP contribution is 2.66. The first kappa shape index (κ1) is 59.8. The molecular weight excluding hydrogens is 1320 g/mol. The average molecular weight is 1380 g/mol. The smallest absolute Gasteiger partial charge is 0.164 e. The fraction of sp³-hybridized carbons (Fsp3) is 0.0515. The van der Waals surface area contributed by atoms with Crippen LogP contribution in [0.15, 0.2) is 347 Å². The largest absolute Gasteiger partial charge is 0.248 e. The number of hydrogen-bond donors (Lipinski definition) is 0. The van der Waals surface area contributed by atoms with Gasteiger partial charge in [0, 0.05) is 73.0 Å². The van der Waals surface area contributed by atoms with Gasteiger partial charge in [0.2, 0.25) is 0 Å². The Balaban J connectivity index is 0.619. The van der Waals surface area contributed by atoms with Crippen molar-refractivity contribution in [2.45, 2.75) is 49.7 Å². The molecule has 5 aliphatic rings. The van der Waals surface area contributed by atoms with E-state index >= 15 is 0 Å². The lowest BCUT2D eigenvalue weighted by Gasteiger charge is -2.40. The number of nitrogens with zero attached hydrogens (tertiary/aromatic N) is 4. The van der Waals surface area contributed by atoms with Crippen LogP contribution in [-0.2, 0) is 16.2 Å². The number of benzene rings is 14. The van der Waals surface area contributed by atoms with Gasteiger partial charge >= 0.3 is 0 Å². The van der Waals surface area contributed by atoms with Crippen molar-refractivity contribution in [3.8, 4) is 112 Å². The molecule has 7 heteroatoms. The highest BCUT2D eigenvalue weighted by molar-refractivity contribution is 7.99. The molecule has 22 rings (SSSR count). The summed E-state index contributed by atoms with van der Waals surface area (Å²) in [6.45, 7) is 4.78. The molecule has 2 aliphatic heterocycles. The Kier molecular flexibility index (Phi) is 13.0. The summed E-state index contributed by atoms with van der Waals surface area (Å²) in [5, 5.41) is 2.52. The maximum Gasteiger partial charge on any atom is 0.164 e. The molecule has 14 aromatic carbocycles. The van der Waals surface area contributed by atoms with Gasteiger partial charge < -0.3 is 0 Å². The van der Waals surface area contributed by atoms with Crippen molar-refractivity contribution in [1.29, 1.82) is 0 Å². The summed E-state index contributed by atoms with van der Waals surface area (Å²) in [4.78, 5) is 26.9. The SMILES string of the molecule is CC1(C)c2cc3c(cc2-c2cccc(-c4nc(-c5ccccc5)nc(-c5ccc(-c6cccc(-c7cc(-c8ccccc8)cc(-c8ccc9sc%10cc%11c(cc%10c9c8)Sc8ccccc8C%118c9ccccc9-c9ccccc98)n7)c6)cc5)n4)c21)Sc1ccccc1C31c2ccccc2-c2ccccc21. The highest BCUT2D eigenvalue weighted by Gasteiger charge is 2.53. The lowest BCUT2D eigenvalue weighted by Crippen LogP contribution is -2.32. The normalized spacial score (nSPS) is 14.4. The lowest BCUT2D eigenvalue weighted by molar-refractivity contribution is 0.652. The second-order valence-electron chi connectivity index (χ2n) is 28.6. The molecule has 3 aliphatic carbocycles. The molecule has 0 atom stereocenters. The molecule has 0 unspecified atom stereocenters. The Bertz CT molecular complexity index is 6440. The zero-order chi connectivity index (χ0) is 68.6. The molecule has 5 heterocycles. The Labute approximate surface area is 615 Å². The Morgan fingerprint density at radius 1 is 0.231 bits per heavy atom. The van der Waals surface area contributed by atoms with Crippen LogP contribution in [0.5, 0.6) is 0 Å². The first-order valence-electron chi connectivity index (χ1n) is 35.6. The molecule has 104 heavy (non-hydrogen) atoms. The summed E-state index contributed by atoms with van der Waals surface area (Å²) in [6.07, 6.45) is 0. The minimum absolute atomic E-state index is 0.419. The van der Waals surface area contributed by atoms with Crippen LogP contribution in [0.3, 0.4) is 0 Å². The van der Waals surface area contributed by atoms with Crippen LogP contribution in [0.25, 0.3) is 132 Å². The third-order valence-electron chi connectivity index (χ3n) is 22.9. The number of aromatic nitrogens is 4. The second-order valence-corrected chi connectivity index (χ2v) is 31.9. The molecule has 486 valence electrons. The average Bonchev–Trinajstić information content (AvgIpc) is 1.48. The van der Waals surface area contributed by atoms with Crippen LogP contribution in [0, 0.1) is 0 Å². The van der Waals surface area contributed by atoms with Crippen molar-refractivity contribution in [2.24, 2.45) is 0 Å². The molecule has 17 aromatic rings. The summed E-state index contributed by atoms with van der Waals surface area (Å²) in [5.41, 5.74) is 30.9. The van der Waals surface area contributed by atoms with Crippen LogP contribution in [0.4, 0.5) is 0 Å². The second kappa shape index (κ2) is 22.6. The van der Waals surface area contributed by atoms with Crippen LogP contribution in [0.2, 0.25) is 0 Å². The predicted octanol–water partition coefficient (Wildman–Crippen LogP) is 25.3. The van der Waals surface area contributed by atoms with Crippen molar-refractivity contribution >= 4 is 55.0 Å². The maximum absolute atomic E-state index is 5.59. The molecule has 0 N–H and O–H groups in total. The third kappa shape index (κ3) is 8.57. The van der Waals surface area contributed by atoms with Crippen LogP contribution in [0.1, 0.15) is 69.5 Å². The van der Waals surface area contributed by atoms with Gasteiger partial charge in [-0.3, -0.25) is 0 Å². The minimum atomic E-state index is -0.479. The van der Waals surface area contributed by atoms with Crippen molar-refractivity contribution in [2.75, 3.05) is 0 Å². The first-order chi connectivity index (χ1) is 51.2. The van der Waals surface area contributed by atoms with E-state index in [9.17, 15) is 0 Å². The minimum Gasteiger partial charge on any atom is -0.248 e. The lowest BCUT2D eigenvalue weighted by atomic mass is 9.66. The van der Waals surface area contributed by atoms with Gasteiger partial charge in [-0.25, -0.2) is 19.9 Å². The predicted molar refractivity (Wildman–Crippen MR) is 429 cm³/mol. The summed E-state index contributed by atoms with van der Waals surface area (Å²) in [6, 6.07) is 121. The van der Waals surface area contributed by atoms with Crippen LogP contribution >= 0.6 is 34.9 Å². The summed E-state index contributed by atoms with van der Waals surface area (Å²) in [7, 11) is 0. The number of pyridine rings is 1. The van der Waals surface area contributed by atoms with E-state index < -0.39 is 16.2 Å². The van der Waals surface area contributed by atoms with E-state index in [1.807, 2.05) is 40.9 Å². The van der Waals surface area contributed by atoms with Gasteiger partial charge in [0.25, 0.3) is 0 Å². The van der Waals surface area contributed by atoms with Gasteiger partial charge in [-0.15, -0.1) is 11.3 Å². The van der Waals surface area contributed by atoms with Crippen LogP contribution < -0.4 is 0 Å². The molecule has 3 aromatic heterocycles. The molecule has 0 saturated carbocycles. The zero-order valence-electron chi connectivity index (χ0n) is 56.7. The van der Waals surface area contributed by atoms with Gasteiger partial charge in [0.1, 0.15) is 0 Å². The van der Waals surface area contributed by atoms with Gasteiger partial charge in [0.15, 0.2) is 17.5 Å². The van der Waals surface area contributed by atoms with E-state index in [0.29, 0.717) is 17.5 Å². The van der Waals surface area contributed by atoms with E-state index in [-0.39, 0.29) is 0 Å². The fourth-order valence-corrected chi connectivity index (χ4v) is 21.9. The number of rotatable bonds is 7. The molecule has 2 spiro atoms. The van der Waals surface area contributed by atoms with E-state index in [0.717, 1.165) is 61.5 Å². The van der Waals surface area contributed by atoms with Crippen molar-refractivity contribution < 1.29 is 0 Å². The Morgan fingerprint density at radius 3 is 1.26 bits per heavy atom. The van der Waals surface area contributed by atoms with E-state index in [1.165, 1.54) is 129 Å². The topological polar surface area (TPSA) is 51.6 Å². The van der Waals surface area contributed by atoms with E-state index in [1.54, 1.807) is 0 Å². The van der Waals surface area contributed by atoms with E-state index in [4.69, 9.17) is 19.9 Å². The molecule has 0 radical (unpaired) electrons. The fourth-order valence-electron chi connectivity index (χ4n) is 18.3. The summed E-state index contributed by atoms with van der Waals surface area (Å²) >= 11 is 5.69. The highest BCUT2D eigenvalue weighted by atomic mass is 32.2.